The molecule has 0 nitrogen and oxygen atoms in total. The topological polar surface area (TPSA) is 0 Å². The van der Waals surface area contributed by atoms with Crippen LogP contribution in [0.4, 0.5) is 0 Å². The van der Waals surface area contributed by atoms with Crippen LogP contribution < -0.4 is 29.6 Å². The first-order valence-corrected chi connectivity index (χ1v) is 4.25. The van der Waals surface area contributed by atoms with Crippen molar-refractivity contribution >= 4 is 12.6 Å². The molecule has 0 heterocycles. The molecule has 0 fully saturated rings. The maximum absolute atomic E-state index is 4.39. The van der Waals surface area contributed by atoms with Gasteiger partial charge in [0.2, 0.25) is 0 Å². The van der Waals surface area contributed by atoms with Crippen LogP contribution in [0, 0.1) is 0 Å². The summed E-state index contributed by atoms with van der Waals surface area (Å²) in [6.07, 6.45) is 0. The first-order chi connectivity index (χ1) is 5.02. The third kappa shape index (κ3) is 3.14. The van der Waals surface area contributed by atoms with Crippen LogP contribution in [-0.2, 0) is 5.41 Å². The molecule has 1 rings (SSSR count). The second-order valence-corrected chi connectivity index (χ2v) is 4.25. The fourth-order valence-corrected chi connectivity index (χ4v) is 1.60. The van der Waals surface area contributed by atoms with Gasteiger partial charge in [0, 0.05) is 4.90 Å². The third-order valence-electron chi connectivity index (χ3n) is 1.71. The third-order valence-corrected chi connectivity index (χ3v) is 2.10. The van der Waals surface area contributed by atoms with Crippen LogP contribution in [-0.4, -0.2) is 0 Å². The van der Waals surface area contributed by atoms with Crippen LogP contribution >= 0.6 is 12.6 Å². The summed E-state index contributed by atoms with van der Waals surface area (Å²) in [5.74, 6) is 0. The summed E-state index contributed by atoms with van der Waals surface area (Å²) in [6, 6.07) is 8.23. The van der Waals surface area contributed by atoms with E-state index < -0.39 is 0 Å². The summed E-state index contributed by atoms with van der Waals surface area (Å²) in [5, 5.41) is 0. The molecule has 1 aromatic carbocycles. The molecule has 0 aliphatic rings. The molecular formula is C10H15NaS. The minimum atomic E-state index is 0. The smallest absolute Gasteiger partial charge is 1.00 e. The van der Waals surface area contributed by atoms with Gasteiger partial charge in [-0.15, -0.1) is 12.6 Å². The van der Waals surface area contributed by atoms with Gasteiger partial charge in [0.05, 0.1) is 0 Å². The van der Waals surface area contributed by atoms with E-state index in [4.69, 9.17) is 0 Å². The second kappa shape index (κ2) is 4.71. The zero-order valence-corrected chi connectivity index (χ0v) is 11.2. The van der Waals surface area contributed by atoms with Crippen molar-refractivity contribution in [2.24, 2.45) is 0 Å². The number of rotatable bonds is 0. The molecule has 0 bridgehead atoms. The van der Waals surface area contributed by atoms with Gasteiger partial charge in [0.15, 0.2) is 0 Å². The van der Waals surface area contributed by atoms with Crippen molar-refractivity contribution in [3.05, 3.63) is 29.8 Å². The predicted molar refractivity (Wildman–Crippen MR) is 53.5 cm³/mol. The zero-order valence-electron chi connectivity index (χ0n) is 9.26. The Kier molecular flexibility index (Phi) is 4.93. The quantitative estimate of drug-likeness (QED) is 0.444. The Balaban J connectivity index is 0. The van der Waals surface area contributed by atoms with Crippen molar-refractivity contribution in [3.63, 3.8) is 0 Å². The van der Waals surface area contributed by atoms with Crippen molar-refractivity contribution < 1.29 is 31.0 Å². The summed E-state index contributed by atoms with van der Waals surface area (Å²) in [7, 11) is 0. The molecule has 0 amide bonds. The summed E-state index contributed by atoms with van der Waals surface area (Å²) in [4.78, 5) is 1.08. The van der Waals surface area contributed by atoms with Crippen LogP contribution in [0.15, 0.2) is 29.2 Å². The van der Waals surface area contributed by atoms with Crippen molar-refractivity contribution in [1.29, 1.82) is 0 Å². The molecule has 0 spiro atoms. The van der Waals surface area contributed by atoms with Gasteiger partial charge < -0.3 is 1.43 Å². The average Bonchev–Trinajstić information content (AvgIpc) is 1.86. The SMILES string of the molecule is CC(C)(C)c1ccccc1S.[H-].[Na+]. The minimum Gasteiger partial charge on any atom is -1.00 e. The molecular weight excluding hydrogens is 175 g/mol. The first-order valence-electron chi connectivity index (χ1n) is 3.80. The standard InChI is InChI=1S/C10H14S.Na.H/c1-10(2,3)8-6-4-5-7-9(8)11;;/h4-7,11H,1-3H3;;/q;+1;-1. The maximum atomic E-state index is 4.39. The largest absolute Gasteiger partial charge is 1.00 e. The summed E-state index contributed by atoms with van der Waals surface area (Å²) in [6.45, 7) is 6.59. The Hall–Kier alpha value is 0.570. The monoisotopic (exact) mass is 190 g/mol. The van der Waals surface area contributed by atoms with E-state index >= 15 is 0 Å². The van der Waals surface area contributed by atoms with Crippen molar-refractivity contribution in [2.45, 2.75) is 31.1 Å². The number of benzene rings is 1. The Morgan fingerprint density at radius 2 is 1.67 bits per heavy atom. The molecule has 0 unspecified atom stereocenters. The minimum absolute atomic E-state index is 0. The van der Waals surface area contributed by atoms with Crippen molar-refractivity contribution in [2.75, 3.05) is 0 Å². The Morgan fingerprint density at radius 3 is 2.00 bits per heavy atom. The van der Waals surface area contributed by atoms with Crippen molar-refractivity contribution in [3.8, 4) is 0 Å². The van der Waals surface area contributed by atoms with Gasteiger partial charge in [-0.2, -0.15) is 0 Å². The van der Waals surface area contributed by atoms with Crippen LogP contribution in [0.2, 0.25) is 0 Å². The molecule has 0 N–H and O–H groups in total. The molecule has 62 valence electrons. The molecule has 12 heavy (non-hydrogen) atoms. The molecule has 0 saturated heterocycles. The van der Waals surface area contributed by atoms with Gasteiger partial charge in [0.1, 0.15) is 0 Å². The Labute approximate surface area is 104 Å². The van der Waals surface area contributed by atoms with E-state index in [-0.39, 0.29) is 36.4 Å². The fraction of sp³-hybridized carbons (Fsp3) is 0.400. The van der Waals surface area contributed by atoms with Gasteiger partial charge in [-0.05, 0) is 17.0 Å². The number of hydrogen-bond acceptors (Lipinski definition) is 1. The second-order valence-electron chi connectivity index (χ2n) is 3.77. The van der Waals surface area contributed by atoms with Crippen molar-refractivity contribution in [1.82, 2.24) is 0 Å². The Morgan fingerprint density at radius 1 is 1.17 bits per heavy atom. The zero-order chi connectivity index (χ0) is 8.48. The molecule has 0 aliphatic carbocycles. The average molecular weight is 190 g/mol. The van der Waals surface area contributed by atoms with E-state index in [9.17, 15) is 0 Å². The van der Waals surface area contributed by atoms with E-state index in [1.807, 2.05) is 12.1 Å². The molecule has 1 aromatic rings. The van der Waals surface area contributed by atoms with Crippen LogP contribution in [0.1, 0.15) is 27.8 Å². The van der Waals surface area contributed by atoms with E-state index in [0.717, 1.165) is 4.90 Å². The number of hydrogen-bond donors (Lipinski definition) is 1. The summed E-state index contributed by atoms with van der Waals surface area (Å²) >= 11 is 4.39. The molecule has 0 aliphatic heterocycles. The maximum Gasteiger partial charge on any atom is 1.00 e. The fourth-order valence-electron chi connectivity index (χ4n) is 1.11. The normalized spacial score (nSPS) is 10.7. The predicted octanol–water partition coefficient (Wildman–Crippen LogP) is 0.389. The van der Waals surface area contributed by atoms with Gasteiger partial charge in [-0.25, -0.2) is 0 Å². The van der Waals surface area contributed by atoms with Gasteiger partial charge >= 0.3 is 29.6 Å². The van der Waals surface area contributed by atoms with Gasteiger partial charge in [0.25, 0.3) is 0 Å². The Bertz CT molecular complexity index is 255. The summed E-state index contributed by atoms with van der Waals surface area (Å²) in [5.41, 5.74) is 1.52. The molecule has 0 saturated carbocycles. The number of thiol groups is 1. The summed E-state index contributed by atoms with van der Waals surface area (Å²) < 4.78 is 0. The van der Waals surface area contributed by atoms with E-state index in [2.05, 4.69) is 45.5 Å². The van der Waals surface area contributed by atoms with E-state index in [1.54, 1.807) is 0 Å². The molecule has 0 aromatic heterocycles. The molecule has 2 heteroatoms. The van der Waals surface area contributed by atoms with E-state index in [0.29, 0.717) is 0 Å². The first kappa shape index (κ1) is 12.6. The van der Waals surface area contributed by atoms with Crippen LogP contribution in [0.3, 0.4) is 0 Å². The van der Waals surface area contributed by atoms with Gasteiger partial charge in [-0.3, -0.25) is 0 Å². The molecule has 0 atom stereocenters. The van der Waals surface area contributed by atoms with Gasteiger partial charge in [-0.1, -0.05) is 39.0 Å². The van der Waals surface area contributed by atoms with Crippen LogP contribution in [0.25, 0.3) is 0 Å². The van der Waals surface area contributed by atoms with Crippen LogP contribution in [0.5, 0.6) is 0 Å². The molecule has 0 radical (unpaired) electrons. The van der Waals surface area contributed by atoms with E-state index in [1.165, 1.54) is 5.56 Å².